The lowest BCUT2D eigenvalue weighted by molar-refractivity contribution is -0.118. The van der Waals surface area contributed by atoms with Gasteiger partial charge in [-0.25, -0.2) is 0 Å². The standard InChI is InChI=1S/C20H25NO2/c1-14-10-11-17(15(2)12-14)21-19(22)13-23-18-9-7-6-8-16(18)20(3,4)5/h6-12H,13H2,1-5H3,(H,21,22). The summed E-state index contributed by atoms with van der Waals surface area (Å²) in [6, 6.07) is 13.8. The number of hydrogen-bond donors (Lipinski definition) is 1. The third-order valence-electron chi connectivity index (χ3n) is 3.71. The van der Waals surface area contributed by atoms with Gasteiger partial charge < -0.3 is 10.1 Å². The van der Waals surface area contributed by atoms with E-state index in [9.17, 15) is 4.79 Å². The van der Waals surface area contributed by atoms with Crippen LogP contribution >= 0.6 is 0 Å². The molecule has 0 spiro atoms. The molecule has 0 aliphatic heterocycles. The second kappa shape index (κ2) is 6.86. The number of aryl methyl sites for hydroxylation is 2. The molecule has 0 aliphatic rings. The Labute approximate surface area is 138 Å². The molecule has 0 fully saturated rings. The van der Waals surface area contributed by atoms with Crippen molar-refractivity contribution in [3.63, 3.8) is 0 Å². The maximum Gasteiger partial charge on any atom is 0.262 e. The van der Waals surface area contributed by atoms with Gasteiger partial charge in [0.2, 0.25) is 0 Å². The smallest absolute Gasteiger partial charge is 0.262 e. The number of benzene rings is 2. The van der Waals surface area contributed by atoms with Gasteiger partial charge in [0.25, 0.3) is 5.91 Å². The van der Waals surface area contributed by atoms with E-state index in [1.807, 2.05) is 56.3 Å². The Morgan fingerprint density at radius 3 is 2.43 bits per heavy atom. The average molecular weight is 311 g/mol. The second-order valence-corrected chi connectivity index (χ2v) is 6.90. The number of rotatable bonds is 4. The monoisotopic (exact) mass is 311 g/mol. The zero-order valence-corrected chi connectivity index (χ0v) is 14.6. The predicted molar refractivity (Wildman–Crippen MR) is 95.2 cm³/mol. The molecule has 0 unspecified atom stereocenters. The second-order valence-electron chi connectivity index (χ2n) is 6.90. The van der Waals surface area contributed by atoms with Crippen molar-refractivity contribution < 1.29 is 9.53 Å². The highest BCUT2D eigenvalue weighted by Gasteiger charge is 2.18. The van der Waals surface area contributed by atoms with Crippen LogP contribution in [0.25, 0.3) is 0 Å². The fourth-order valence-electron chi connectivity index (χ4n) is 2.50. The molecule has 3 heteroatoms. The van der Waals surface area contributed by atoms with E-state index < -0.39 is 0 Å². The van der Waals surface area contributed by atoms with E-state index >= 15 is 0 Å². The number of nitrogens with one attached hydrogen (secondary N) is 1. The van der Waals surface area contributed by atoms with Crippen molar-refractivity contribution in [3.05, 3.63) is 59.2 Å². The summed E-state index contributed by atoms with van der Waals surface area (Å²) in [5, 5.41) is 2.90. The Balaban J connectivity index is 2.03. The number of para-hydroxylation sites is 1. The van der Waals surface area contributed by atoms with Gasteiger partial charge in [0.15, 0.2) is 6.61 Å². The molecule has 0 atom stereocenters. The summed E-state index contributed by atoms with van der Waals surface area (Å²) in [6.45, 7) is 10.4. The third kappa shape index (κ3) is 4.59. The highest BCUT2D eigenvalue weighted by atomic mass is 16.5. The molecule has 122 valence electrons. The maximum absolute atomic E-state index is 12.1. The lowest BCUT2D eigenvalue weighted by atomic mass is 9.86. The van der Waals surface area contributed by atoms with E-state index in [2.05, 4.69) is 26.1 Å². The van der Waals surface area contributed by atoms with Crippen molar-refractivity contribution in [2.75, 3.05) is 11.9 Å². The molecule has 0 saturated carbocycles. The van der Waals surface area contributed by atoms with E-state index in [-0.39, 0.29) is 17.9 Å². The van der Waals surface area contributed by atoms with Gasteiger partial charge >= 0.3 is 0 Å². The number of anilines is 1. The van der Waals surface area contributed by atoms with Gasteiger partial charge in [0.1, 0.15) is 5.75 Å². The minimum absolute atomic E-state index is 0.000407. The summed E-state index contributed by atoms with van der Waals surface area (Å²) in [6.07, 6.45) is 0. The first-order chi connectivity index (χ1) is 10.8. The summed E-state index contributed by atoms with van der Waals surface area (Å²) < 4.78 is 5.75. The lowest BCUT2D eigenvalue weighted by Crippen LogP contribution is -2.22. The van der Waals surface area contributed by atoms with E-state index in [0.29, 0.717) is 0 Å². The fraction of sp³-hybridized carbons (Fsp3) is 0.350. The number of carbonyl (C=O) groups is 1. The van der Waals surface area contributed by atoms with Crippen molar-refractivity contribution in [1.29, 1.82) is 0 Å². The van der Waals surface area contributed by atoms with Crippen LogP contribution < -0.4 is 10.1 Å². The minimum atomic E-state index is -0.152. The number of hydrogen-bond acceptors (Lipinski definition) is 2. The van der Waals surface area contributed by atoms with E-state index in [1.54, 1.807) is 0 Å². The molecule has 0 aromatic heterocycles. The van der Waals surface area contributed by atoms with Gasteiger partial charge in [0, 0.05) is 5.69 Å². The molecule has 0 saturated heterocycles. The quantitative estimate of drug-likeness (QED) is 0.895. The van der Waals surface area contributed by atoms with Crippen LogP contribution in [0.3, 0.4) is 0 Å². The molecule has 0 radical (unpaired) electrons. The molecule has 2 rings (SSSR count). The molecular formula is C20H25NO2. The van der Waals surface area contributed by atoms with Crippen LogP contribution in [0.2, 0.25) is 0 Å². The minimum Gasteiger partial charge on any atom is -0.483 e. The summed E-state index contributed by atoms with van der Waals surface area (Å²) in [4.78, 5) is 12.1. The van der Waals surface area contributed by atoms with E-state index in [1.165, 1.54) is 5.56 Å². The van der Waals surface area contributed by atoms with Gasteiger partial charge in [-0.05, 0) is 42.5 Å². The molecular weight excluding hydrogens is 286 g/mol. The first-order valence-electron chi connectivity index (χ1n) is 7.87. The van der Waals surface area contributed by atoms with E-state index in [4.69, 9.17) is 4.74 Å². The van der Waals surface area contributed by atoms with Gasteiger partial charge in [-0.15, -0.1) is 0 Å². The molecule has 0 bridgehead atoms. The number of ether oxygens (including phenoxy) is 1. The van der Waals surface area contributed by atoms with Crippen molar-refractivity contribution in [3.8, 4) is 5.75 Å². The highest BCUT2D eigenvalue weighted by Crippen LogP contribution is 2.30. The molecule has 23 heavy (non-hydrogen) atoms. The first-order valence-corrected chi connectivity index (χ1v) is 7.87. The van der Waals surface area contributed by atoms with Crippen molar-refractivity contribution >= 4 is 11.6 Å². The number of amides is 1. The van der Waals surface area contributed by atoms with Crippen LogP contribution in [0.15, 0.2) is 42.5 Å². The van der Waals surface area contributed by atoms with Crippen LogP contribution in [-0.4, -0.2) is 12.5 Å². The Bertz CT molecular complexity index is 699. The van der Waals surface area contributed by atoms with Crippen molar-refractivity contribution in [2.24, 2.45) is 0 Å². The molecule has 0 heterocycles. The lowest BCUT2D eigenvalue weighted by Gasteiger charge is -2.22. The molecule has 0 aliphatic carbocycles. The Morgan fingerprint density at radius 1 is 1.09 bits per heavy atom. The SMILES string of the molecule is Cc1ccc(NC(=O)COc2ccccc2C(C)(C)C)c(C)c1. The van der Waals surface area contributed by atoms with Gasteiger partial charge in [-0.3, -0.25) is 4.79 Å². The first kappa shape index (κ1) is 17.1. The summed E-state index contributed by atoms with van der Waals surface area (Å²) >= 11 is 0. The largest absolute Gasteiger partial charge is 0.483 e. The van der Waals surface area contributed by atoms with Crippen LogP contribution in [0.1, 0.15) is 37.5 Å². The molecule has 3 nitrogen and oxygen atoms in total. The molecule has 1 amide bonds. The summed E-state index contributed by atoms with van der Waals surface area (Å²) in [5.74, 6) is 0.608. The van der Waals surface area contributed by atoms with Crippen molar-refractivity contribution in [2.45, 2.75) is 40.0 Å². The van der Waals surface area contributed by atoms with Crippen LogP contribution in [0.4, 0.5) is 5.69 Å². The van der Waals surface area contributed by atoms with Crippen LogP contribution in [0.5, 0.6) is 5.75 Å². The van der Waals surface area contributed by atoms with Crippen LogP contribution in [-0.2, 0) is 10.2 Å². The Kier molecular flexibility index (Phi) is 5.09. The maximum atomic E-state index is 12.1. The van der Waals surface area contributed by atoms with Gasteiger partial charge in [-0.1, -0.05) is 56.7 Å². The topological polar surface area (TPSA) is 38.3 Å². The number of carbonyl (C=O) groups excluding carboxylic acids is 1. The molecule has 2 aromatic rings. The third-order valence-corrected chi connectivity index (χ3v) is 3.71. The fourth-order valence-corrected chi connectivity index (χ4v) is 2.50. The molecule has 1 N–H and O–H groups in total. The Hall–Kier alpha value is -2.29. The Morgan fingerprint density at radius 2 is 1.78 bits per heavy atom. The summed E-state index contributed by atoms with van der Waals surface area (Å²) in [7, 11) is 0. The van der Waals surface area contributed by atoms with Crippen molar-refractivity contribution in [1.82, 2.24) is 0 Å². The average Bonchev–Trinajstić information content (AvgIpc) is 2.47. The zero-order chi connectivity index (χ0) is 17.0. The highest BCUT2D eigenvalue weighted by molar-refractivity contribution is 5.92. The molecule has 2 aromatic carbocycles. The zero-order valence-electron chi connectivity index (χ0n) is 14.6. The van der Waals surface area contributed by atoms with Gasteiger partial charge in [0.05, 0.1) is 0 Å². The normalized spacial score (nSPS) is 11.2. The van der Waals surface area contributed by atoms with E-state index in [0.717, 1.165) is 22.6 Å². The van der Waals surface area contributed by atoms with Gasteiger partial charge in [-0.2, -0.15) is 0 Å². The predicted octanol–water partition coefficient (Wildman–Crippen LogP) is 4.62. The van der Waals surface area contributed by atoms with Crippen LogP contribution in [0, 0.1) is 13.8 Å². The summed E-state index contributed by atoms with van der Waals surface area (Å²) in [5.41, 5.74) is 4.12.